The van der Waals surface area contributed by atoms with Crippen molar-refractivity contribution in [1.82, 2.24) is 9.80 Å². The van der Waals surface area contributed by atoms with E-state index in [1.54, 1.807) is 0 Å². The molecule has 0 radical (unpaired) electrons. The van der Waals surface area contributed by atoms with E-state index in [0.717, 1.165) is 98.8 Å². The molecular weight excluding hydrogens is 556 g/mol. The number of anilines is 4. The minimum atomic E-state index is -0.569. The fourth-order valence-electron chi connectivity index (χ4n) is 6.37. The van der Waals surface area contributed by atoms with Crippen LogP contribution in [-0.4, -0.2) is 71.5 Å². The molecule has 4 bridgehead atoms. The van der Waals surface area contributed by atoms with E-state index in [2.05, 4.69) is 55.3 Å². The highest BCUT2D eigenvalue weighted by atomic mass is 16.6. The van der Waals surface area contributed by atoms with E-state index in [-0.39, 0.29) is 0 Å². The van der Waals surface area contributed by atoms with E-state index < -0.39 is 23.4 Å². The van der Waals surface area contributed by atoms with Crippen LogP contribution in [0.4, 0.5) is 32.3 Å². The molecule has 0 saturated carbocycles. The SMILES string of the molecule is CC(C)(C)OC(=O)Nc1cc2cc(c1)NC[C@@H]1CCCN1Cc1cc(cc(NC(=O)OC(C)(C)C)c1)NC[C@@H]1CCCN1C2. The molecule has 2 saturated heterocycles. The standard InChI is InChI=1S/C34H50N6O4/c1-33(2,3)43-31(41)37-27-15-23-13-25(17-27)35-19-29-9-8-12-40(29)22-24-14-26(36-20-30-10-7-11-39(30)21-23)18-28(16-24)38-32(42)44-34(4,5)6/h13-18,29-30,35-36H,7-12,19-22H2,1-6H3,(H,37,41)(H,38,42)/t29-,30-/m0/s1. The molecule has 10 nitrogen and oxygen atoms in total. The van der Waals surface area contributed by atoms with Gasteiger partial charge in [0.1, 0.15) is 11.2 Å². The number of fused-ring (bicyclic) bond motifs is 6. The van der Waals surface area contributed by atoms with Crippen LogP contribution in [0.5, 0.6) is 0 Å². The van der Waals surface area contributed by atoms with Gasteiger partial charge in [-0.05, 0) is 128 Å². The van der Waals surface area contributed by atoms with Gasteiger partial charge in [-0.2, -0.15) is 0 Å². The van der Waals surface area contributed by atoms with Gasteiger partial charge in [-0.1, -0.05) is 0 Å². The van der Waals surface area contributed by atoms with Crippen LogP contribution < -0.4 is 21.3 Å². The van der Waals surface area contributed by atoms with Gasteiger partial charge in [-0.25, -0.2) is 9.59 Å². The second-order valence-electron chi connectivity index (χ2n) is 14.4. The lowest BCUT2D eigenvalue weighted by molar-refractivity contribution is 0.0624. The van der Waals surface area contributed by atoms with E-state index in [1.165, 1.54) is 0 Å². The molecule has 0 aliphatic carbocycles. The quantitative estimate of drug-likeness (QED) is 0.294. The van der Waals surface area contributed by atoms with E-state index >= 15 is 0 Å². The smallest absolute Gasteiger partial charge is 0.412 e. The van der Waals surface area contributed by atoms with Gasteiger partial charge in [0.2, 0.25) is 0 Å². The van der Waals surface area contributed by atoms with E-state index in [4.69, 9.17) is 9.47 Å². The van der Waals surface area contributed by atoms with Gasteiger partial charge in [0.25, 0.3) is 0 Å². The average Bonchev–Trinajstić information content (AvgIpc) is 3.52. The number of hydrogen-bond acceptors (Lipinski definition) is 8. The van der Waals surface area contributed by atoms with Crippen LogP contribution in [0.2, 0.25) is 0 Å². The lowest BCUT2D eigenvalue weighted by atomic mass is 10.1. The molecule has 3 aliphatic heterocycles. The molecule has 2 amide bonds. The monoisotopic (exact) mass is 606 g/mol. The topological polar surface area (TPSA) is 107 Å². The summed E-state index contributed by atoms with van der Waals surface area (Å²) in [6, 6.07) is 13.2. The van der Waals surface area contributed by atoms with Crippen LogP contribution in [-0.2, 0) is 22.6 Å². The highest BCUT2D eigenvalue weighted by Crippen LogP contribution is 2.29. The van der Waals surface area contributed by atoms with Crippen molar-refractivity contribution in [1.29, 1.82) is 0 Å². The van der Waals surface area contributed by atoms with Crippen LogP contribution in [0.3, 0.4) is 0 Å². The average molecular weight is 607 g/mol. The van der Waals surface area contributed by atoms with Gasteiger partial charge in [0, 0.05) is 61.0 Å². The van der Waals surface area contributed by atoms with Crippen molar-refractivity contribution < 1.29 is 19.1 Å². The molecule has 0 spiro atoms. The molecule has 3 aliphatic rings. The van der Waals surface area contributed by atoms with Gasteiger partial charge >= 0.3 is 12.2 Å². The molecule has 240 valence electrons. The second kappa shape index (κ2) is 13.2. The Morgan fingerprint density at radius 1 is 0.682 bits per heavy atom. The highest BCUT2D eigenvalue weighted by Gasteiger charge is 2.27. The third kappa shape index (κ3) is 9.25. The van der Waals surface area contributed by atoms with Crippen LogP contribution >= 0.6 is 0 Å². The van der Waals surface area contributed by atoms with E-state index in [0.29, 0.717) is 12.1 Å². The second-order valence-corrected chi connectivity index (χ2v) is 14.4. The normalized spacial score (nSPS) is 21.3. The number of carbonyl (C=O) groups excluding carboxylic acids is 2. The Balaban J connectivity index is 1.40. The molecule has 2 aromatic rings. The van der Waals surface area contributed by atoms with Crippen molar-refractivity contribution in [2.24, 2.45) is 0 Å². The highest BCUT2D eigenvalue weighted by molar-refractivity contribution is 5.86. The Morgan fingerprint density at radius 2 is 1.09 bits per heavy atom. The first kappa shape index (κ1) is 31.9. The largest absolute Gasteiger partial charge is 0.444 e. The summed E-state index contributed by atoms with van der Waals surface area (Å²) >= 11 is 0. The first-order chi connectivity index (χ1) is 20.8. The van der Waals surface area contributed by atoms with Crippen LogP contribution in [0.15, 0.2) is 36.4 Å². The fourth-order valence-corrected chi connectivity index (χ4v) is 6.37. The van der Waals surface area contributed by atoms with Crippen molar-refractivity contribution in [3.8, 4) is 0 Å². The Morgan fingerprint density at radius 3 is 1.48 bits per heavy atom. The number of nitrogens with one attached hydrogen (secondary N) is 4. The molecule has 0 unspecified atom stereocenters. The number of rotatable bonds is 2. The summed E-state index contributed by atoms with van der Waals surface area (Å²) in [5.41, 5.74) is 4.61. The third-order valence-corrected chi connectivity index (χ3v) is 8.13. The Labute approximate surface area is 262 Å². The Hall–Kier alpha value is -3.50. The summed E-state index contributed by atoms with van der Waals surface area (Å²) in [7, 11) is 0. The lowest BCUT2D eigenvalue weighted by Gasteiger charge is -2.28. The van der Waals surface area contributed by atoms with Gasteiger partial charge in [-0.15, -0.1) is 0 Å². The van der Waals surface area contributed by atoms with Crippen molar-refractivity contribution in [2.45, 2.75) is 104 Å². The Kier molecular flexibility index (Phi) is 9.60. The minimum Gasteiger partial charge on any atom is -0.444 e. The first-order valence-corrected chi connectivity index (χ1v) is 16.0. The van der Waals surface area contributed by atoms with Crippen molar-refractivity contribution in [2.75, 3.05) is 47.4 Å². The molecule has 2 aromatic carbocycles. The zero-order valence-electron chi connectivity index (χ0n) is 27.2. The van der Waals surface area contributed by atoms with Crippen molar-refractivity contribution in [3.05, 3.63) is 47.5 Å². The third-order valence-electron chi connectivity index (χ3n) is 8.13. The van der Waals surface area contributed by atoms with Crippen LogP contribution in [0.25, 0.3) is 0 Å². The number of amides is 2. The van der Waals surface area contributed by atoms with Crippen molar-refractivity contribution >= 4 is 34.9 Å². The Bertz CT molecular complexity index is 1230. The van der Waals surface area contributed by atoms with Gasteiger partial charge in [0.05, 0.1) is 0 Å². The van der Waals surface area contributed by atoms with Crippen molar-refractivity contribution in [3.63, 3.8) is 0 Å². The summed E-state index contributed by atoms with van der Waals surface area (Å²) in [6.45, 7) is 16.4. The summed E-state index contributed by atoms with van der Waals surface area (Å²) in [5, 5.41) is 13.3. The molecule has 10 heteroatoms. The number of benzene rings is 2. The zero-order valence-corrected chi connectivity index (χ0v) is 27.2. The predicted molar refractivity (Wildman–Crippen MR) is 176 cm³/mol. The lowest BCUT2D eigenvalue weighted by Crippen LogP contribution is -2.35. The molecule has 44 heavy (non-hydrogen) atoms. The maximum absolute atomic E-state index is 12.6. The molecule has 5 rings (SSSR count). The minimum absolute atomic E-state index is 0.357. The van der Waals surface area contributed by atoms with Gasteiger partial charge in [-0.3, -0.25) is 20.4 Å². The summed E-state index contributed by atoms with van der Waals surface area (Å²) < 4.78 is 11.1. The first-order valence-electron chi connectivity index (χ1n) is 16.0. The van der Waals surface area contributed by atoms with Crippen LogP contribution in [0.1, 0.15) is 78.4 Å². The molecule has 0 aromatic heterocycles. The number of carbonyl (C=O) groups is 2. The van der Waals surface area contributed by atoms with Gasteiger partial charge in [0.15, 0.2) is 0 Å². The maximum atomic E-state index is 12.6. The van der Waals surface area contributed by atoms with E-state index in [9.17, 15) is 9.59 Å². The number of hydrogen-bond donors (Lipinski definition) is 4. The number of ether oxygens (including phenoxy) is 2. The number of nitrogens with zero attached hydrogens (tertiary/aromatic N) is 2. The molecule has 2 atom stereocenters. The molecule has 4 N–H and O–H groups in total. The summed E-state index contributed by atoms with van der Waals surface area (Å²) in [5.74, 6) is 0. The van der Waals surface area contributed by atoms with Gasteiger partial charge < -0.3 is 20.1 Å². The fraction of sp³-hybridized carbons (Fsp3) is 0.588. The van der Waals surface area contributed by atoms with E-state index in [1.807, 2.05) is 53.7 Å². The molecule has 2 fully saturated rings. The summed E-state index contributed by atoms with van der Waals surface area (Å²) in [6.07, 6.45) is 3.58. The van der Waals surface area contributed by atoms with Crippen LogP contribution in [0, 0.1) is 0 Å². The summed E-state index contributed by atoms with van der Waals surface area (Å²) in [4.78, 5) is 30.3. The predicted octanol–water partition coefficient (Wildman–Crippen LogP) is 6.85. The maximum Gasteiger partial charge on any atom is 0.412 e. The molecular formula is C34H50N6O4. The molecule has 3 heterocycles. The zero-order chi connectivity index (χ0) is 31.5.